The fourth-order valence-electron chi connectivity index (χ4n) is 7.06. The van der Waals surface area contributed by atoms with Gasteiger partial charge in [-0.1, -0.05) is 86.9 Å². The number of hydrogen-bond acceptors (Lipinski definition) is 2. The van der Waals surface area contributed by atoms with Crippen LogP contribution in [0.25, 0.3) is 5.57 Å². The maximum atomic E-state index is 15.7. The van der Waals surface area contributed by atoms with Gasteiger partial charge in [0.2, 0.25) is 7.29 Å². The van der Waals surface area contributed by atoms with Gasteiger partial charge in [0.25, 0.3) is 0 Å². The highest BCUT2D eigenvalue weighted by molar-refractivity contribution is 7.76. The summed E-state index contributed by atoms with van der Waals surface area (Å²) in [5, 5.41) is 1.90. The molecule has 0 radical (unpaired) electrons. The van der Waals surface area contributed by atoms with Gasteiger partial charge in [0.1, 0.15) is 5.75 Å². The minimum Gasteiger partial charge on any atom is -0.496 e. The number of methoxy groups -OCH3 is 1. The maximum Gasteiger partial charge on any atom is 0.207 e. The lowest BCUT2D eigenvalue weighted by Gasteiger charge is -2.41. The zero-order valence-electron chi connectivity index (χ0n) is 22.8. The average molecular weight is 526 g/mol. The third-order valence-corrected chi connectivity index (χ3v) is 12.4. The van der Waals surface area contributed by atoms with Gasteiger partial charge < -0.3 is 4.74 Å². The van der Waals surface area contributed by atoms with Crippen LogP contribution in [0.1, 0.15) is 57.4 Å². The Morgan fingerprint density at radius 1 is 0.921 bits per heavy atom. The van der Waals surface area contributed by atoms with Gasteiger partial charge >= 0.3 is 0 Å². The molecular weight excluding hydrogens is 485 g/mol. The topological polar surface area (TPSA) is 29.5 Å². The Kier molecular flexibility index (Phi) is 7.10. The van der Waals surface area contributed by atoms with E-state index < -0.39 is 7.29 Å². The Bertz CT molecular complexity index is 1290. The van der Waals surface area contributed by atoms with Gasteiger partial charge in [0.05, 0.1) is 7.11 Å². The molecule has 4 heteroatoms. The van der Waals surface area contributed by atoms with Crippen molar-refractivity contribution in [3.8, 4) is 5.75 Å². The highest BCUT2D eigenvalue weighted by atomic mass is 31.2. The molecular formula is C34H40NO2P. The van der Waals surface area contributed by atoms with Crippen LogP contribution in [-0.2, 0) is 4.57 Å². The van der Waals surface area contributed by atoms with Gasteiger partial charge in [-0.05, 0) is 78.8 Å². The molecule has 2 aliphatic carbocycles. The van der Waals surface area contributed by atoms with E-state index in [1.807, 2.05) is 42.5 Å². The molecule has 0 aromatic heterocycles. The van der Waals surface area contributed by atoms with Crippen LogP contribution in [0.4, 0.5) is 0 Å². The summed E-state index contributed by atoms with van der Waals surface area (Å²) in [6.07, 6.45) is 10.9. The molecule has 38 heavy (non-hydrogen) atoms. The minimum absolute atomic E-state index is 0.175. The third-order valence-electron chi connectivity index (χ3n) is 9.25. The molecule has 1 aliphatic heterocycles. The summed E-state index contributed by atoms with van der Waals surface area (Å²) in [5.74, 6) is 2.31. The summed E-state index contributed by atoms with van der Waals surface area (Å²) in [6, 6.07) is 29.3. The van der Waals surface area contributed by atoms with Crippen LogP contribution in [-0.4, -0.2) is 24.4 Å². The molecule has 3 nitrogen and oxygen atoms in total. The largest absolute Gasteiger partial charge is 0.496 e. The average Bonchev–Trinajstić information content (AvgIpc) is 3.91. The summed E-state index contributed by atoms with van der Waals surface area (Å²) in [4.78, 5) is 0. The molecule has 1 spiro atoms. The van der Waals surface area contributed by atoms with Gasteiger partial charge in [-0.2, -0.15) is 0 Å². The fraction of sp³-hybridized carbons (Fsp3) is 0.412. The van der Waals surface area contributed by atoms with Gasteiger partial charge in [-0.25, -0.2) is 4.67 Å². The lowest BCUT2D eigenvalue weighted by molar-refractivity contribution is 0.205. The van der Waals surface area contributed by atoms with Crippen molar-refractivity contribution in [1.29, 1.82) is 0 Å². The van der Waals surface area contributed by atoms with E-state index in [9.17, 15) is 0 Å². The van der Waals surface area contributed by atoms with E-state index >= 15 is 4.57 Å². The first-order valence-corrected chi connectivity index (χ1v) is 16.1. The van der Waals surface area contributed by atoms with Crippen LogP contribution in [0.2, 0.25) is 0 Å². The highest BCUT2D eigenvalue weighted by Crippen LogP contribution is 2.68. The summed E-state index contributed by atoms with van der Waals surface area (Å²) >= 11 is 0. The van der Waals surface area contributed by atoms with Crippen LogP contribution < -0.4 is 15.3 Å². The van der Waals surface area contributed by atoms with Gasteiger partial charge in [0, 0.05) is 28.8 Å². The zero-order chi connectivity index (χ0) is 26.2. The van der Waals surface area contributed by atoms with Gasteiger partial charge in [-0.3, -0.25) is 4.57 Å². The van der Waals surface area contributed by atoms with E-state index in [-0.39, 0.29) is 5.41 Å². The van der Waals surface area contributed by atoms with Crippen LogP contribution in [0.15, 0.2) is 91.0 Å². The molecule has 1 heterocycles. The normalized spacial score (nSPS) is 24.5. The second kappa shape index (κ2) is 10.5. The van der Waals surface area contributed by atoms with E-state index in [0.29, 0.717) is 18.5 Å². The van der Waals surface area contributed by atoms with Crippen molar-refractivity contribution in [2.24, 2.45) is 17.3 Å². The molecule has 0 bridgehead atoms. The second-order valence-corrected chi connectivity index (χ2v) is 14.3. The quantitative estimate of drug-likeness (QED) is 0.268. The lowest BCUT2D eigenvalue weighted by atomic mass is 9.84. The first kappa shape index (κ1) is 25.7. The standard InChI is InChI=1S/C34H40NO2P/c1-3-4-13-26-24-31(26)33-34(21-22-34)25-27(30-18-11-12-19-32(30)37-2)20-23-35(33)38(36,28-14-7-5-8-15-28)29-16-9-6-10-17-29/h5-12,14-20,26,31,33H,3-4,13,21-25H2,1-2H3/t26-,31-,33-/m0/s1. The smallest absolute Gasteiger partial charge is 0.207 e. The molecule has 3 atom stereocenters. The summed E-state index contributed by atoms with van der Waals surface area (Å²) in [5.41, 5.74) is 2.72. The number of unbranched alkanes of at least 4 members (excludes halogenated alkanes) is 1. The maximum absolute atomic E-state index is 15.7. The monoisotopic (exact) mass is 525 g/mol. The van der Waals surface area contributed by atoms with Crippen molar-refractivity contribution in [3.63, 3.8) is 0 Å². The van der Waals surface area contributed by atoms with Gasteiger partial charge in [0.15, 0.2) is 0 Å². The van der Waals surface area contributed by atoms with Crippen molar-refractivity contribution >= 4 is 23.5 Å². The number of benzene rings is 3. The van der Waals surface area contributed by atoms with Crippen LogP contribution in [0.3, 0.4) is 0 Å². The zero-order valence-corrected chi connectivity index (χ0v) is 23.7. The third kappa shape index (κ3) is 4.59. The van der Waals surface area contributed by atoms with Crippen molar-refractivity contribution in [2.45, 2.75) is 57.9 Å². The Balaban J connectivity index is 1.50. The van der Waals surface area contributed by atoms with Gasteiger partial charge in [-0.15, -0.1) is 0 Å². The molecule has 2 saturated carbocycles. The van der Waals surface area contributed by atoms with Crippen molar-refractivity contribution < 1.29 is 9.30 Å². The predicted molar refractivity (Wildman–Crippen MR) is 159 cm³/mol. The Morgan fingerprint density at radius 3 is 2.16 bits per heavy atom. The van der Waals surface area contributed by atoms with Crippen molar-refractivity contribution in [2.75, 3.05) is 13.7 Å². The summed E-state index contributed by atoms with van der Waals surface area (Å²) < 4.78 is 24.0. The number of para-hydroxylation sites is 1. The number of nitrogens with zero attached hydrogens (tertiary/aromatic N) is 1. The first-order valence-electron chi connectivity index (χ1n) is 14.4. The predicted octanol–water partition coefficient (Wildman–Crippen LogP) is 7.69. The Hall–Kier alpha value is -2.61. The molecule has 0 amide bonds. The van der Waals surface area contributed by atoms with Crippen molar-refractivity contribution in [1.82, 2.24) is 4.67 Å². The molecule has 0 saturated heterocycles. The summed E-state index contributed by atoms with van der Waals surface area (Å²) in [7, 11) is -1.31. The van der Waals surface area contributed by atoms with Crippen LogP contribution in [0.5, 0.6) is 5.75 Å². The molecule has 0 unspecified atom stereocenters. The molecule has 198 valence electrons. The van der Waals surface area contributed by atoms with E-state index in [1.54, 1.807) is 7.11 Å². The highest BCUT2D eigenvalue weighted by Gasteiger charge is 2.62. The SMILES string of the molecule is CCCC[C@H]1C[C@@H]1[C@@H]1N(P(=O)(c2ccccc2)c2ccccc2)CC=C(c2ccccc2OC)CC12CC2. The van der Waals surface area contributed by atoms with E-state index in [4.69, 9.17) is 4.74 Å². The van der Waals surface area contributed by atoms with E-state index in [2.05, 4.69) is 60.1 Å². The molecule has 2 fully saturated rings. The summed E-state index contributed by atoms with van der Waals surface area (Å²) in [6.45, 7) is 2.98. The number of ether oxygens (including phenoxy) is 1. The molecule has 3 aromatic rings. The Morgan fingerprint density at radius 2 is 1.55 bits per heavy atom. The minimum atomic E-state index is -3.07. The second-order valence-electron chi connectivity index (χ2n) is 11.6. The van der Waals surface area contributed by atoms with Crippen LogP contribution in [0, 0.1) is 17.3 Å². The number of rotatable bonds is 9. The fourth-order valence-corrected chi connectivity index (χ4v) is 10.2. The molecule has 6 rings (SSSR count). The van der Waals surface area contributed by atoms with Crippen molar-refractivity contribution in [3.05, 3.63) is 96.6 Å². The molecule has 3 aliphatic rings. The molecule has 3 aromatic carbocycles. The van der Waals surface area contributed by atoms with E-state index in [0.717, 1.165) is 28.7 Å². The number of hydrogen-bond donors (Lipinski definition) is 0. The first-order chi connectivity index (χ1) is 18.6. The lowest BCUT2D eigenvalue weighted by Crippen LogP contribution is -2.45. The number of allylic oxidation sites excluding steroid dienone is 1. The van der Waals surface area contributed by atoms with Crippen LogP contribution >= 0.6 is 7.29 Å². The Labute approximate surface area is 228 Å². The van der Waals surface area contributed by atoms with E-state index in [1.165, 1.54) is 49.7 Å². The molecule has 0 N–H and O–H groups in total.